The largest absolute Gasteiger partial charge is 0.450 e. The van der Waals surface area contributed by atoms with Crippen LogP contribution in [0.1, 0.15) is 26.3 Å². The summed E-state index contributed by atoms with van der Waals surface area (Å²) in [5.41, 5.74) is 2.11. The molecule has 1 aromatic rings. The Morgan fingerprint density at radius 1 is 1.33 bits per heavy atom. The van der Waals surface area contributed by atoms with Crippen molar-refractivity contribution in [3.05, 3.63) is 29.8 Å². The van der Waals surface area contributed by atoms with Crippen molar-refractivity contribution in [1.29, 1.82) is 0 Å². The lowest BCUT2D eigenvalue weighted by atomic mass is 10.0. The summed E-state index contributed by atoms with van der Waals surface area (Å²) in [5, 5.41) is 2.67. The molecule has 1 aromatic carbocycles. The highest BCUT2D eigenvalue weighted by Crippen LogP contribution is 2.28. The summed E-state index contributed by atoms with van der Waals surface area (Å²) in [6.07, 6.45) is 0.309. The van der Waals surface area contributed by atoms with Crippen molar-refractivity contribution >= 4 is 17.7 Å². The van der Waals surface area contributed by atoms with Gasteiger partial charge in [-0.1, -0.05) is 32.0 Å². The molecular formula is C16H22N2O3. The van der Waals surface area contributed by atoms with Gasteiger partial charge in [0.2, 0.25) is 5.91 Å². The van der Waals surface area contributed by atoms with Crippen LogP contribution in [0.25, 0.3) is 0 Å². The van der Waals surface area contributed by atoms with Crippen LogP contribution in [0.15, 0.2) is 24.3 Å². The molecule has 0 fully saturated rings. The molecule has 1 aliphatic heterocycles. The Kier molecular flexibility index (Phi) is 4.83. The van der Waals surface area contributed by atoms with Crippen molar-refractivity contribution in [1.82, 2.24) is 5.32 Å². The number of fused-ring (bicyclic) bond motifs is 1. The summed E-state index contributed by atoms with van der Waals surface area (Å²) >= 11 is 0. The van der Waals surface area contributed by atoms with E-state index in [-0.39, 0.29) is 18.4 Å². The second kappa shape index (κ2) is 6.61. The number of ether oxygens (including phenoxy) is 1. The summed E-state index contributed by atoms with van der Waals surface area (Å²) in [4.78, 5) is 26.1. The molecule has 21 heavy (non-hydrogen) atoms. The number of anilines is 1. The highest BCUT2D eigenvalue weighted by atomic mass is 16.5. The van der Waals surface area contributed by atoms with Gasteiger partial charge in [-0.2, -0.15) is 0 Å². The Hall–Kier alpha value is -2.04. The first kappa shape index (κ1) is 15.4. The van der Waals surface area contributed by atoms with Crippen molar-refractivity contribution in [2.75, 3.05) is 18.1 Å². The van der Waals surface area contributed by atoms with Crippen molar-refractivity contribution < 1.29 is 14.3 Å². The van der Waals surface area contributed by atoms with Crippen LogP contribution in [-0.2, 0) is 16.0 Å². The highest BCUT2D eigenvalue weighted by molar-refractivity contribution is 6.00. The van der Waals surface area contributed by atoms with Crippen LogP contribution in [0, 0.1) is 5.92 Å². The van der Waals surface area contributed by atoms with E-state index < -0.39 is 12.1 Å². The summed E-state index contributed by atoms with van der Waals surface area (Å²) in [5.74, 6) is -0.0855. The van der Waals surface area contributed by atoms with Crippen LogP contribution in [0.2, 0.25) is 0 Å². The highest BCUT2D eigenvalue weighted by Gasteiger charge is 2.32. The van der Waals surface area contributed by atoms with Gasteiger partial charge in [0.1, 0.15) is 6.04 Å². The third kappa shape index (κ3) is 3.35. The van der Waals surface area contributed by atoms with Gasteiger partial charge in [-0.3, -0.25) is 4.79 Å². The van der Waals surface area contributed by atoms with Crippen LogP contribution < -0.4 is 10.2 Å². The molecule has 0 radical (unpaired) electrons. The second-order valence-electron chi connectivity index (χ2n) is 5.46. The predicted octanol–water partition coefficient (Wildman–Crippen LogP) is 2.35. The summed E-state index contributed by atoms with van der Waals surface area (Å²) in [6.45, 7) is 6.51. The molecule has 0 aromatic heterocycles. The zero-order valence-electron chi connectivity index (χ0n) is 12.8. The fourth-order valence-corrected chi connectivity index (χ4v) is 2.55. The zero-order valence-corrected chi connectivity index (χ0v) is 12.8. The summed E-state index contributed by atoms with van der Waals surface area (Å²) < 4.78 is 4.88. The maximum Gasteiger partial charge on any atom is 0.407 e. The zero-order chi connectivity index (χ0) is 15.4. The van der Waals surface area contributed by atoms with Crippen molar-refractivity contribution in [3.8, 4) is 0 Å². The Balaban J connectivity index is 2.15. The molecule has 2 rings (SSSR count). The number of rotatable bonds is 4. The Bertz CT molecular complexity index is 528. The van der Waals surface area contributed by atoms with Crippen LogP contribution in [-0.4, -0.2) is 31.2 Å². The topological polar surface area (TPSA) is 58.6 Å². The molecule has 0 aliphatic carbocycles. The van der Waals surface area contributed by atoms with Crippen LogP contribution in [0.3, 0.4) is 0 Å². The molecule has 2 amide bonds. The van der Waals surface area contributed by atoms with Crippen LogP contribution in [0.4, 0.5) is 10.5 Å². The minimum Gasteiger partial charge on any atom is -0.450 e. The molecule has 1 N–H and O–H groups in total. The van der Waals surface area contributed by atoms with Crippen LogP contribution in [0.5, 0.6) is 0 Å². The summed E-state index contributed by atoms with van der Waals surface area (Å²) in [7, 11) is 0. The molecule has 5 nitrogen and oxygen atoms in total. The molecule has 1 heterocycles. The number of carbonyl (C=O) groups is 2. The van der Waals surface area contributed by atoms with Crippen molar-refractivity contribution in [3.63, 3.8) is 0 Å². The van der Waals surface area contributed by atoms with E-state index in [2.05, 4.69) is 5.32 Å². The maximum absolute atomic E-state index is 12.7. The number of amides is 2. The predicted molar refractivity (Wildman–Crippen MR) is 81.3 cm³/mol. The van der Waals surface area contributed by atoms with E-state index in [0.29, 0.717) is 6.54 Å². The van der Waals surface area contributed by atoms with Gasteiger partial charge in [0, 0.05) is 12.2 Å². The van der Waals surface area contributed by atoms with Crippen LogP contribution >= 0.6 is 0 Å². The lowest BCUT2D eigenvalue weighted by Gasteiger charge is -2.27. The lowest BCUT2D eigenvalue weighted by molar-refractivity contribution is -0.121. The van der Waals surface area contributed by atoms with Gasteiger partial charge < -0.3 is 15.0 Å². The van der Waals surface area contributed by atoms with Gasteiger partial charge in [0.25, 0.3) is 0 Å². The number of benzene rings is 1. The SMILES string of the molecule is CCOC(=O)NC(C(=O)N1CCc2ccccc21)C(C)C. The van der Waals surface area contributed by atoms with E-state index in [1.807, 2.05) is 38.1 Å². The molecular weight excluding hydrogens is 268 g/mol. The van der Waals surface area contributed by atoms with Gasteiger partial charge in [0.15, 0.2) is 0 Å². The smallest absolute Gasteiger partial charge is 0.407 e. The van der Waals surface area contributed by atoms with Gasteiger partial charge in [-0.25, -0.2) is 4.79 Å². The first-order valence-electron chi connectivity index (χ1n) is 7.37. The molecule has 0 bridgehead atoms. The number of hydrogen-bond acceptors (Lipinski definition) is 3. The number of nitrogens with one attached hydrogen (secondary N) is 1. The number of nitrogens with zero attached hydrogens (tertiary/aromatic N) is 1. The number of carbonyl (C=O) groups excluding carboxylic acids is 2. The fraction of sp³-hybridized carbons (Fsp3) is 0.500. The summed E-state index contributed by atoms with van der Waals surface area (Å²) in [6, 6.07) is 7.31. The Morgan fingerprint density at radius 2 is 2.05 bits per heavy atom. The maximum atomic E-state index is 12.7. The van der Waals surface area contributed by atoms with E-state index >= 15 is 0 Å². The minimum atomic E-state index is -0.574. The molecule has 1 atom stereocenters. The van der Waals surface area contributed by atoms with E-state index in [0.717, 1.165) is 12.1 Å². The normalized spacial score (nSPS) is 14.8. The average Bonchev–Trinajstić information content (AvgIpc) is 2.88. The third-order valence-corrected chi connectivity index (χ3v) is 3.63. The Morgan fingerprint density at radius 3 is 2.71 bits per heavy atom. The Labute approximate surface area is 125 Å². The molecule has 1 aliphatic rings. The second-order valence-corrected chi connectivity index (χ2v) is 5.46. The third-order valence-electron chi connectivity index (χ3n) is 3.63. The van der Waals surface area contributed by atoms with E-state index in [4.69, 9.17) is 4.74 Å². The molecule has 1 unspecified atom stereocenters. The van der Waals surface area contributed by atoms with E-state index in [9.17, 15) is 9.59 Å². The first-order valence-corrected chi connectivity index (χ1v) is 7.37. The molecule has 0 saturated heterocycles. The van der Waals surface area contributed by atoms with E-state index in [1.165, 1.54) is 5.56 Å². The number of para-hydroxylation sites is 1. The monoisotopic (exact) mass is 290 g/mol. The first-order chi connectivity index (χ1) is 10.0. The molecule has 114 valence electrons. The quantitative estimate of drug-likeness (QED) is 0.926. The van der Waals surface area contributed by atoms with E-state index in [1.54, 1.807) is 11.8 Å². The number of hydrogen-bond donors (Lipinski definition) is 1. The van der Waals surface area contributed by atoms with Gasteiger partial charge in [-0.05, 0) is 30.9 Å². The lowest BCUT2D eigenvalue weighted by Crippen LogP contribution is -2.51. The standard InChI is InChI=1S/C16H22N2O3/c1-4-21-16(20)17-14(11(2)3)15(19)18-10-9-12-7-5-6-8-13(12)18/h5-8,11,14H,4,9-10H2,1-3H3,(H,17,20). The minimum absolute atomic E-state index is 0.00494. The molecule has 0 saturated carbocycles. The fourth-order valence-electron chi connectivity index (χ4n) is 2.55. The van der Waals surface area contributed by atoms with Gasteiger partial charge in [0.05, 0.1) is 6.61 Å². The number of alkyl carbamates (subject to hydrolysis) is 1. The van der Waals surface area contributed by atoms with Crippen molar-refractivity contribution in [2.45, 2.75) is 33.2 Å². The molecule has 0 spiro atoms. The van der Waals surface area contributed by atoms with Gasteiger partial charge in [-0.15, -0.1) is 0 Å². The van der Waals surface area contributed by atoms with Gasteiger partial charge >= 0.3 is 6.09 Å². The average molecular weight is 290 g/mol. The molecule has 5 heteroatoms. The van der Waals surface area contributed by atoms with Crippen molar-refractivity contribution in [2.24, 2.45) is 5.92 Å².